The lowest BCUT2D eigenvalue weighted by Crippen LogP contribution is -2.28. The van der Waals surface area contributed by atoms with Crippen molar-refractivity contribution in [1.29, 1.82) is 0 Å². The average Bonchev–Trinajstić information content (AvgIpc) is 2.90. The number of aromatic nitrogens is 1. The van der Waals surface area contributed by atoms with Crippen LogP contribution in [0, 0.1) is 6.92 Å². The van der Waals surface area contributed by atoms with Crippen molar-refractivity contribution in [1.82, 2.24) is 10.1 Å². The molecular formula is C19H26N2O3. The smallest absolute Gasteiger partial charge is 0.154 e. The highest BCUT2D eigenvalue weighted by molar-refractivity contribution is 5.40. The monoisotopic (exact) mass is 330 g/mol. The summed E-state index contributed by atoms with van der Waals surface area (Å²) in [5.41, 5.74) is 2.11. The van der Waals surface area contributed by atoms with Gasteiger partial charge in [0.05, 0.1) is 26.0 Å². The zero-order valence-electron chi connectivity index (χ0n) is 14.7. The van der Waals surface area contributed by atoms with Gasteiger partial charge in [-0.1, -0.05) is 24.1 Å². The van der Waals surface area contributed by atoms with Gasteiger partial charge in [-0.15, -0.1) is 0 Å². The van der Waals surface area contributed by atoms with E-state index in [1.165, 1.54) is 24.8 Å². The number of benzene rings is 1. The Labute approximate surface area is 143 Å². The summed E-state index contributed by atoms with van der Waals surface area (Å²) in [6.07, 6.45) is 4.80. The van der Waals surface area contributed by atoms with Crippen LogP contribution in [0.25, 0.3) is 0 Å². The van der Waals surface area contributed by atoms with Crippen LogP contribution in [0.1, 0.15) is 48.7 Å². The zero-order chi connectivity index (χ0) is 16.9. The van der Waals surface area contributed by atoms with Gasteiger partial charge >= 0.3 is 0 Å². The second-order valence-electron chi connectivity index (χ2n) is 6.38. The molecule has 1 aliphatic rings. The van der Waals surface area contributed by atoms with Gasteiger partial charge < -0.3 is 14.0 Å². The summed E-state index contributed by atoms with van der Waals surface area (Å²) < 4.78 is 16.4. The van der Waals surface area contributed by atoms with E-state index in [9.17, 15) is 0 Å². The van der Waals surface area contributed by atoms with E-state index in [0.717, 1.165) is 42.5 Å². The molecule has 24 heavy (non-hydrogen) atoms. The van der Waals surface area contributed by atoms with Crippen molar-refractivity contribution in [2.75, 3.05) is 20.8 Å². The summed E-state index contributed by atoms with van der Waals surface area (Å²) in [5, 5.41) is 4.08. The van der Waals surface area contributed by atoms with Crippen LogP contribution in [0.2, 0.25) is 0 Å². The van der Waals surface area contributed by atoms with Crippen molar-refractivity contribution in [3.05, 3.63) is 41.3 Å². The fourth-order valence-corrected chi connectivity index (χ4v) is 3.42. The number of methoxy groups -OCH3 is 2. The number of aryl methyl sites for hydroxylation is 1. The molecule has 0 N–H and O–H groups in total. The molecule has 0 spiro atoms. The van der Waals surface area contributed by atoms with Crippen LogP contribution in [0.3, 0.4) is 0 Å². The number of rotatable bonds is 5. The van der Waals surface area contributed by atoms with Gasteiger partial charge in [0.25, 0.3) is 0 Å². The Kier molecular flexibility index (Phi) is 5.41. The standard InChI is InChI=1S/C19H26N2O3/c1-14-11-19(24-20-14)17-7-5-4-6-10-21(17)13-15-8-9-16(22-2)12-18(15)23-3/h8-9,11-12,17H,4-7,10,13H2,1-3H3. The molecular weight excluding hydrogens is 304 g/mol. The Bertz CT molecular complexity index is 668. The molecule has 0 bridgehead atoms. The van der Waals surface area contributed by atoms with E-state index in [4.69, 9.17) is 14.0 Å². The quantitative estimate of drug-likeness (QED) is 0.825. The van der Waals surface area contributed by atoms with Crippen molar-refractivity contribution in [3.8, 4) is 11.5 Å². The maximum atomic E-state index is 5.58. The minimum absolute atomic E-state index is 0.278. The van der Waals surface area contributed by atoms with Gasteiger partial charge in [-0.2, -0.15) is 0 Å². The van der Waals surface area contributed by atoms with Gasteiger partial charge in [0, 0.05) is 24.2 Å². The number of hydrogen-bond acceptors (Lipinski definition) is 5. The molecule has 0 aliphatic carbocycles. The Morgan fingerprint density at radius 1 is 1.17 bits per heavy atom. The first-order valence-electron chi connectivity index (χ1n) is 8.59. The third-order valence-electron chi connectivity index (χ3n) is 4.71. The molecule has 0 amide bonds. The van der Waals surface area contributed by atoms with Crippen LogP contribution in [0.4, 0.5) is 0 Å². The predicted octanol–water partition coefficient (Wildman–Crippen LogP) is 4.12. The molecule has 3 rings (SSSR count). The molecule has 0 saturated carbocycles. The molecule has 5 nitrogen and oxygen atoms in total. The summed E-state index contributed by atoms with van der Waals surface area (Å²) >= 11 is 0. The normalized spacial score (nSPS) is 19.0. The summed E-state index contributed by atoms with van der Waals surface area (Å²) in [7, 11) is 3.38. The fourth-order valence-electron chi connectivity index (χ4n) is 3.42. The van der Waals surface area contributed by atoms with Crippen LogP contribution in [0.15, 0.2) is 28.8 Å². The van der Waals surface area contributed by atoms with Crippen molar-refractivity contribution >= 4 is 0 Å². The minimum Gasteiger partial charge on any atom is -0.497 e. The largest absolute Gasteiger partial charge is 0.497 e. The summed E-state index contributed by atoms with van der Waals surface area (Å²) in [4.78, 5) is 2.48. The predicted molar refractivity (Wildman–Crippen MR) is 92.4 cm³/mol. The van der Waals surface area contributed by atoms with E-state index in [1.807, 2.05) is 19.1 Å². The molecule has 1 aromatic heterocycles. The van der Waals surface area contributed by atoms with Gasteiger partial charge in [-0.25, -0.2) is 0 Å². The van der Waals surface area contributed by atoms with Crippen LogP contribution in [0.5, 0.6) is 11.5 Å². The summed E-state index contributed by atoms with van der Waals surface area (Å²) in [6.45, 7) is 3.86. The van der Waals surface area contributed by atoms with E-state index >= 15 is 0 Å². The second-order valence-corrected chi connectivity index (χ2v) is 6.38. The lowest BCUT2D eigenvalue weighted by atomic mass is 10.1. The number of ether oxygens (including phenoxy) is 2. The van der Waals surface area contributed by atoms with Crippen molar-refractivity contribution in [3.63, 3.8) is 0 Å². The van der Waals surface area contributed by atoms with Gasteiger partial charge in [0.2, 0.25) is 0 Å². The SMILES string of the molecule is COc1ccc(CN2CCCCCC2c2cc(C)no2)c(OC)c1. The molecule has 1 saturated heterocycles. The Morgan fingerprint density at radius 2 is 2.04 bits per heavy atom. The summed E-state index contributed by atoms with van der Waals surface area (Å²) in [6, 6.07) is 8.37. The number of likely N-dealkylation sites (tertiary alicyclic amines) is 1. The Morgan fingerprint density at radius 3 is 2.75 bits per heavy atom. The Hall–Kier alpha value is -2.01. The second kappa shape index (κ2) is 7.71. The molecule has 2 heterocycles. The third kappa shape index (κ3) is 3.73. The molecule has 2 aromatic rings. The van der Waals surface area contributed by atoms with E-state index in [0.29, 0.717) is 0 Å². The first-order valence-corrected chi connectivity index (χ1v) is 8.59. The molecule has 1 aromatic carbocycles. The lowest BCUT2D eigenvalue weighted by Gasteiger charge is -2.28. The minimum atomic E-state index is 0.278. The highest BCUT2D eigenvalue weighted by atomic mass is 16.5. The van der Waals surface area contributed by atoms with E-state index in [2.05, 4.69) is 22.2 Å². The van der Waals surface area contributed by atoms with Crippen molar-refractivity contribution < 1.29 is 14.0 Å². The number of nitrogens with zero attached hydrogens (tertiary/aromatic N) is 2. The van der Waals surface area contributed by atoms with Crippen molar-refractivity contribution in [2.45, 2.75) is 45.2 Å². The first-order chi connectivity index (χ1) is 11.7. The van der Waals surface area contributed by atoms with Crippen molar-refractivity contribution in [2.24, 2.45) is 0 Å². The molecule has 1 aliphatic heterocycles. The average molecular weight is 330 g/mol. The van der Waals surface area contributed by atoms with Gasteiger partial charge in [-0.3, -0.25) is 4.90 Å². The molecule has 1 fully saturated rings. The Balaban J connectivity index is 1.85. The summed E-state index contributed by atoms with van der Waals surface area (Å²) in [5.74, 6) is 2.65. The van der Waals surface area contributed by atoms with Crippen LogP contribution >= 0.6 is 0 Å². The van der Waals surface area contributed by atoms with Crippen LogP contribution in [-0.2, 0) is 6.54 Å². The number of hydrogen-bond donors (Lipinski definition) is 0. The molecule has 1 atom stereocenters. The molecule has 1 unspecified atom stereocenters. The van der Waals surface area contributed by atoms with Gasteiger partial charge in [0.1, 0.15) is 11.5 Å². The highest BCUT2D eigenvalue weighted by Gasteiger charge is 2.26. The van der Waals surface area contributed by atoms with Crippen LogP contribution < -0.4 is 9.47 Å². The zero-order valence-corrected chi connectivity index (χ0v) is 14.7. The molecule has 5 heteroatoms. The first kappa shape index (κ1) is 16.8. The van der Waals surface area contributed by atoms with E-state index < -0.39 is 0 Å². The maximum Gasteiger partial charge on any atom is 0.154 e. The highest BCUT2D eigenvalue weighted by Crippen LogP contribution is 2.34. The molecule has 0 radical (unpaired) electrons. The van der Waals surface area contributed by atoms with Gasteiger partial charge in [-0.05, 0) is 32.4 Å². The lowest BCUT2D eigenvalue weighted by molar-refractivity contribution is 0.158. The fraction of sp³-hybridized carbons (Fsp3) is 0.526. The van der Waals surface area contributed by atoms with E-state index in [1.54, 1.807) is 14.2 Å². The van der Waals surface area contributed by atoms with Crippen LogP contribution in [-0.4, -0.2) is 30.8 Å². The van der Waals surface area contributed by atoms with E-state index in [-0.39, 0.29) is 6.04 Å². The topological polar surface area (TPSA) is 47.7 Å². The molecule has 130 valence electrons. The maximum absolute atomic E-state index is 5.58. The van der Waals surface area contributed by atoms with Gasteiger partial charge in [0.15, 0.2) is 5.76 Å². The third-order valence-corrected chi connectivity index (χ3v) is 4.71.